The first-order chi connectivity index (χ1) is 7.84. The summed E-state index contributed by atoms with van der Waals surface area (Å²) in [6, 6.07) is 9.58. The molecule has 1 rings (SSSR count). The highest BCUT2D eigenvalue weighted by atomic mass is 32.2. The Morgan fingerprint density at radius 1 is 1.12 bits per heavy atom. The molecule has 0 amide bonds. The van der Waals surface area contributed by atoms with Gasteiger partial charge in [0.15, 0.2) is 5.78 Å². The zero-order valence-electron chi connectivity index (χ0n) is 9.95. The van der Waals surface area contributed by atoms with E-state index in [2.05, 4.69) is 6.92 Å². The minimum atomic E-state index is 0.281. The van der Waals surface area contributed by atoms with Crippen molar-refractivity contribution in [1.29, 1.82) is 0 Å². The Morgan fingerprint density at radius 3 is 2.56 bits per heavy atom. The van der Waals surface area contributed by atoms with Gasteiger partial charge >= 0.3 is 0 Å². The number of hydrogen-bond acceptors (Lipinski definition) is 2. The molecule has 0 bridgehead atoms. The number of hydrogen-bond donors (Lipinski definition) is 0. The predicted molar refractivity (Wildman–Crippen MR) is 72.2 cm³/mol. The van der Waals surface area contributed by atoms with E-state index in [1.807, 2.05) is 42.1 Å². The highest BCUT2D eigenvalue weighted by Gasteiger charge is 2.03. The minimum Gasteiger partial charge on any atom is -0.294 e. The van der Waals surface area contributed by atoms with E-state index in [0.29, 0.717) is 6.42 Å². The topological polar surface area (TPSA) is 17.1 Å². The van der Waals surface area contributed by atoms with Crippen molar-refractivity contribution in [2.45, 2.75) is 32.6 Å². The van der Waals surface area contributed by atoms with Crippen LogP contribution in [0.5, 0.6) is 0 Å². The van der Waals surface area contributed by atoms with E-state index in [1.54, 1.807) is 0 Å². The number of carbonyl (C=O) groups is 1. The summed E-state index contributed by atoms with van der Waals surface area (Å²) in [5.41, 5.74) is 0.852. The molecule has 2 heteroatoms. The molecule has 0 heterocycles. The third-order valence-electron chi connectivity index (χ3n) is 2.49. The Kier molecular flexibility index (Phi) is 6.98. The van der Waals surface area contributed by atoms with Gasteiger partial charge in [0.05, 0.1) is 0 Å². The molecule has 0 aliphatic heterocycles. The summed E-state index contributed by atoms with van der Waals surface area (Å²) in [5, 5.41) is 0. The average Bonchev–Trinajstić information content (AvgIpc) is 2.34. The van der Waals surface area contributed by atoms with Crippen LogP contribution in [0.25, 0.3) is 0 Å². The number of rotatable bonds is 8. The summed E-state index contributed by atoms with van der Waals surface area (Å²) in [7, 11) is 0. The van der Waals surface area contributed by atoms with E-state index in [0.717, 1.165) is 12.0 Å². The molecule has 1 nitrogen and oxygen atoms in total. The lowest BCUT2D eigenvalue weighted by atomic mass is 10.1. The van der Waals surface area contributed by atoms with Gasteiger partial charge in [0, 0.05) is 12.0 Å². The van der Waals surface area contributed by atoms with Crippen molar-refractivity contribution in [3.05, 3.63) is 35.9 Å². The highest BCUT2D eigenvalue weighted by Crippen LogP contribution is 2.10. The Labute approximate surface area is 103 Å². The number of benzene rings is 1. The summed E-state index contributed by atoms with van der Waals surface area (Å²) >= 11 is 1.98. The fourth-order valence-electron chi connectivity index (χ4n) is 1.58. The number of Topliss-reactive ketones (excluding diaryl/α,β-unsaturated/α-hetero) is 1. The molecule has 16 heavy (non-hydrogen) atoms. The van der Waals surface area contributed by atoms with E-state index in [1.165, 1.54) is 24.3 Å². The fourth-order valence-corrected chi connectivity index (χ4v) is 2.28. The SMILES string of the molecule is CCSCCCCCC(=O)c1ccccc1. The first kappa shape index (κ1) is 13.3. The molecule has 0 spiro atoms. The van der Waals surface area contributed by atoms with Crippen molar-refractivity contribution in [3.8, 4) is 0 Å². The second kappa shape index (κ2) is 8.40. The molecule has 0 saturated carbocycles. The van der Waals surface area contributed by atoms with Crippen LogP contribution in [-0.4, -0.2) is 17.3 Å². The normalized spacial score (nSPS) is 10.3. The maximum absolute atomic E-state index is 11.7. The van der Waals surface area contributed by atoms with E-state index in [-0.39, 0.29) is 5.78 Å². The van der Waals surface area contributed by atoms with Gasteiger partial charge in [0.2, 0.25) is 0 Å². The quantitative estimate of drug-likeness (QED) is 0.497. The molecule has 0 fully saturated rings. The van der Waals surface area contributed by atoms with Gasteiger partial charge in [0.1, 0.15) is 0 Å². The molecule has 0 aliphatic carbocycles. The fraction of sp³-hybridized carbons (Fsp3) is 0.500. The zero-order valence-corrected chi connectivity index (χ0v) is 10.8. The van der Waals surface area contributed by atoms with Crippen molar-refractivity contribution in [2.75, 3.05) is 11.5 Å². The van der Waals surface area contributed by atoms with Crippen molar-refractivity contribution in [2.24, 2.45) is 0 Å². The molecule has 1 aromatic carbocycles. The van der Waals surface area contributed by atoms with Crippen molar-refractivity contribution in [1.82, 2.24) is 0 Å². The van der Waals surface area contributed by atoms with E-state index in [4.69, 9.17) is 0 Å². The summed E-state index contributed by atoms with van der Waals surface area (Å²) in [4.78, 5) is 11.7. The van der Waals surface area contributed by atoms with Crippen LogP contribution in [-0.2, 0) is 0 Å². The van der Waals surface area contributed by atoms with Crippen LogP contribution >= 0.6 is 11.8 Å². The third kappa shape index (κ3) is 5.36. The number of unbranched alkanes of at least 4 members (excludes halogenated alkanes) is 2. The molecule has 0 saturated heterocycles. The Hall–Kier alpha value is -0.760. The van der Waals surface area contributed by atoms with Gasteiger partial charge < -0.3 is 0 Å². The van der Waals surface area contributed by atoms with Crippen LogP contribution in [0.1, 0.15) is 43.0 Å². The molecule has 0 N–H and O–H groups in total. The smallest absolute Gasteiger partial charge is 0.162 e. The van der Waals surface area contributed by atoms with Gasteiger partial charge in [-0.25, -0.2) is 0 Å². The summed E-state index contributed by atoms with van der Waals surface area (Å²) in [5.74, 6) is 2.71. The minimum absolute atomic E-state index is 0.281. The second-order valence-electron chi connectivity index (χ2n) is 3.80. The largest absolute Gasteiger partial charge is 0.294 e. The molecular weight excluding hydrogens is 216 g/mol. The summed E-state index contributed by atoms with van der Waals surface area (Å²) in [6.45, 7) is 2.18. The van der Waals surface area contributed by atoms with Gasteiger partial charge in [0.25, 0.3) is 0 Å². The van der Waals surface area contributed by atoms with Crippen LogP contribution in [0, 0.1) is 0 Å². The lowest BCUT2D eigenvalue weighted by Gasteiger charge is -2.01. The standard InChI is InChI=1S/C14H20OS/c1-2-16-12-8-4-7-11-14(15)13-9-5-3-6-10-13/h3,5-6,9-10H,2,4,7-8,11-12H2,1H3. The van der Waals surface area contributed by atoms with Crippen molar-refractivity contribution in [3.63, 3.8) is 0 Å². The third-order valence-corrected chi connectivity index (χ3v) is 3.48. The summed E-state index contributed by atoms with van der Waals surface area (Å²) < 4.78 is 0. The van der Waals surface area contributed by atoms with Crippen LogP contribution < -0.4 is 0 Å². The molecule has 0 atom stereocenters. The molecular formula is C14H20OS. The van der Waals surface area contributed by atoms with Gasteiger partial charge in [-0.3, -0.25) is 4.79 Å². The van der Waals surface area contributed by atoms with E-state index >= 15 is 0 Å². The zero-order chi connectivity index (χ0) is 11.6. The molecule has 0 unspecified atom stereocenters. The molecule has 0 aromatic heterocycles. The Bertz CT molecular complexity index is 295. The van der Waals surface area contributed by atoms with Crippen molar-refractivity contribution < 1.29 is 4.79 Å². The maximum atomic E-state index is 11.7. The molecule has 0 radical (unpaired) electrons. The number of thioether (sulfide) groups is 1. The average molecular weight is 236 g/mol. The monoisotopic (exact) mass is 236 g/mol. The maximum Gasteiger partial charge on any atom is 0.162 e. The Balaban J connectivity index is 2.12. The van der Waals surface area contributed by atoms with Gasteiger partial charge in [-0.15, -0.1) is 0 Å². The van der Waals surface area contributed by atoms with Crippen molar-refractivity contribution >= 4 is 17.5 Å². The van der Waals surface area contributed by atoms with Gasteiger partial charge in [-0.1, -0.05) is 43.7 Å². The molecule has 1 aromatic rings. The van der Waals surface area contributed by atoms with Crippen LogP contribution in [0.4, 0.5) is 0 Å². The van der Waals surface area contributed by atoms with Gasteiger partial charge in [-0.2, -0.15) is 11.8 Å². The Morgan fingerprint density at radius 2 is 1.88 bits per heavy atom. The van der Waals surface area contributed by atoms with Crippen LogP contribution in [0.2, 0.25) is 0 Å². The number of ketones is 1. The number of carbonyl (C=O) groups excluding carboxylic acids is 1. The van der Waals surface area contributed by atoms with Gasteiger partial charge in [-0.05, 0) is 24.3 Å². The second-order valence-corrected chi connectivity index (χ2v) is 5.19. The first-order valence-corrected chi connectivity index (χ1v) is 7.16. The first-order valence-electron chi connectivity index (χ1n) is 6.00. The lowest BCUT2D eigenvalue weighted by Crippen LogP contribution is -1.98. The van der Waals surface area contributed by atoms with Crippen LogP contribution in [0.3, 0.4) is 0 Å². The van der Waals surface area contributed by atoms with E-state index < -0.39 is 0 Å². The highest BCUT2D eigenvalue weighted by molar-refractivity contribution is 7.99. The van der Waals surface area contributed by atoms with Crippen LogP contribution in [0.15, 0.2) is 30.3 Å². The van der Waals surface area contributed by atoms with E-state index in [9.17, 15) is 4.79 Å². The lowest BCUT2D eigenvalue weighted by molar-refractivity contribution is 0.0979. The predicted octanol–water partition coefficient (Wildman–Crippen LogP) is 4.18. The molecule has 0 aliphatic rings. The summed E-state index contributed by atoms with van der Waals surface area (Å²) in [6.07, 6.45) is 4.13. The molecule has 88 valence electrons.